The van der Waals surface area contributed by atoms with E-state index in [1.165, 1.54) is 5.56 Å². The van der Waals surface area contributed by atoms with Crippen molar-refractivity contribution in [1.29, 1.82) is 0 Å². The van der Waals surface area contributed by atoms with Gasteiger partial charge in [0.2, 0.25) is 0 Å². The van der Waals surface area contributed by atoms with E-state index < -0.39 is 0 Å². The third-order valence-electron chi connectivity index (χ3n) is 3.65. The normalized spacial score (nSPS) is 16.2. The van der Waals surface area contributed by atoms with E-state index in [1.807, 2.05) is 24.3 Å². The van der Waals surface area contributed by atoms with E-state index in [4.69, 9.17) is 23.2 Å². The molecule has 1 aromatic carbocycles. The molecule has 4 nitrogen and oxygen atoms in total. The second-order valence-electron chi connectivity index (χ2n) is 5.08. The van der Waals surface area contributed by atoms with Crippen molar-refractivity contribution < 1.29 is 0 Å². The summed E-state index contributed by atoms with van der Waals surface area (Å²) in [6.45, 7) is 4.85. The molecule has 0 N–H and O–H groups in total. The smallest absolute Gasteiger partial charge is 0.131 e. The summed E-state index contributed by atoms with van der Waals surface area (Å²) in [7, 11) is 0. The van der Waals surface area contributed by atoms with E-state index in [-0.39, 0.29) is 0 Å². The molecule has 1 aromatic heterocycles. The lowest BCUT2D eigenvalue weighted by Crippen LogP contribution is -2.46. The summed E-state index contributed by atoms with van der Waals surface area (Å²) >= 11 is 12.0. The first kappa shape index (κ1) is 14.6. The number of benzene rings is 1. The molecule has 1 fully saturated rings. The fraction of sp³-hybridized carbons (Fsp3) is 0.333. The maximum Gasteiger partial charge on any atom is 0.131 e. The van der Waals surface area contributed by atoms with E-state index >= 15 is 0 Å². The van der Waals surface area contributed by atoms with Gasteiger partial charge in [-0.1, -0.05) is 29.3 Å². The van der Waals surface area contributed by atoms with Crippen LogP contribution in [0.5, 0.6) is 0 Å². The first-order chi connectivity index (χ1) is 10.2. The summed E-state index contributed by atoms with van der Waals surface area (Å²) < 4.78 is 0. The molecule has 6 heteroatoms. The highest BCUT2D eigenvalue weighted by Gasteiger charge is 2.18. The fourth-order valence-corrected chi connectivity index (χ4v) is 2.82. The number of nitrogens with zero attached hydrogens (tertiary/aromatic N) is 4. The Morgan fingerprint density at radius 2 is 1.81 bits per heavy atom. The average Bonchev–Trinajstić information content (AvgIpc) is 2.53. The highest BCUT2D eigenvalue weighted by atomic mass is 35.5. The number of piperazine rings is 1. The van der Waals surface area contributed by atoms with Gasteiger partial charge < -0.3 is 4.90 Å². The highest BCUT2D eigenvalue weighted by Crippen LogP contribution is 2.23. The number of hydrogen-bond donors (Lipinski definition) is 0. The van der Waals surface area contributed by atoms with Gasteiger partial charge in [0.05, 0.1) is 10.0 Å². The number of hydrogen-bond acceptors (Lipinski definition) is 4. The Bertz CT molecular complexity index is 598. The quantitative estimate of drug-likeness (QED) is 0.869. The number of halogens is 2. The lowest BCUT2D eigenvalue weighted by Gasteiger charge is -2.35. The Hall–Kier alpha value is -1.36. The Morgan fingerprint density at radius 1 is 1.00 bits per heavy atom. The van der Waals surface area contributed by atoms with Crippen LogP contribution in [-0.2, 0) is 6.54 Å². The molecule has 0 atom stereocenters. The predicted molar refractivity (Wildman–Crippen MR) is 86.0 cm³/mol. The van der Waals surface area contributed by atoms with Crippen LogP contribution in [0.1, 0.15) is 5.56 Å². The standard InChI is InChI=1S/C15H16Cl2N4/c16-13-2-1-12(9-14(13)17)10-20-5-7-21(8-6-20)15-3-4-18-11-19-15/h1-4,9,11H,5-8,10H2. The van der Waals surface area contributed by atoms with Crippen LogP contribution in [0.4, 0.5) is 5.82 Å². The van der Waals surface area contributed by atoms with Crippen molar-refractivity contribution in [3.63, 3.8) is 0 Å². The molecule has 3 rings (SSSR count). The molecule has 2 heterocycles. The van der Waals surface area contributed by atoms with Crippen LogP contribution in [0.15, 0.2) is 36.8 Å². The van der Waals surface area contributed by atoms with Crippen LogP contribution in [0.2, 0.25) is 10.0 Å². The van der Waals surface area contributed by atoms with Crippen molar-refractivity contribution in [3.8, 4) is 0 Å². The molecule has 1 saturated heterocycles. The molecule has 0 aliphatic carbocycles. The van der Waals surface area contributed by atoms with E-state index in [2.05, 4.69) is 19.8 Å². The fourth-order valence-electron chi connectivity index (χ4n) is 2.50. The van der Waals surface area contributed by atoms with E-state index in [9.17, 15) is 0 Å². The molecule has 0 spiro atoms. The van der Waals surface area contributed by atoms with Gasteiger partial charge in [-0.3, -0.25) is 4.90 Å². The first-order valence-electron chi connectivity index (χ1n) is 6.89. The Kier molecular flexibility index (Phi) is 4.58. The molecule has 0 unspecified atom stereocenters. The van der Waals surface area contributed by atoms with E-state index in [1.54, 1.807) is 12.5 Å². The van der Waals surface area contributed by atoms with Crippen molar-refractivity contribution in [2.45, 2.75) is 6.54 Å². The molecule has 1 aliphatic rings. The topological polar surface area (TPSA) is 32.3 Å². The summed E-state index contributed by atoms with van der Waals surface area (Å²) in [6, 6.07) is 7.79. The van der Waals surface area contributed by atoms with Gasteiger partial charge in [0, 0.05) is 38.9 Å². The Balaban J connectivity index is 1.57. The summed E-state index contributed by atoms with van der Waals surface area (Å²) in [5.74, 6) is 0.999. The zero-order chi connectivity index (χ0) is 14.7. The van der Waals surface area contributed by atoms with Gasteiger partial charge in [0.1, 0.15) is 12.1 Å². The van der Waals surface area contributed by atoms with Crippen LogP contribution in [0, 0.1) is 0 Å². The molecule has 2 aromatic rings. The zero-order valence-corrected chi connectivity index (χ0v) is 13.1. The molecule has 21 heavy (non-hydrogen) atoms. The van der Waals surface area contributed by atoms with Crippen molar-refractivity contribution >= 4 is 29.0 Å². The lowest BCUT2D eigenvalue weighted by atomic mass is 10.2. The molecular formula is C15H16Cl2N4. The summed E-state index contributed by atoms with van der Waals surface area (Å²) in [5.41, 5.74) is 1.19. The van der Waals surface area contributed by atoms with Crippen LogP contribution in [0.25, 0.3) is 0 Å². The van der Waals surface area contributed by atoms with Gasteiger partial charge in [0.15, 0.2) is 0 Å². The average molecular weight is 323 g/mol. The largest absolute Gasteiger partial charge is 0.354 e. The van der Waals surface area contributed by atoms with Crippen molar-refractivity contribution in [2.75, 3.05) is 31.1 Å². The molecule has 0 saturated carbocycles. The maximum atomic E-state index is 6.06. The van der Waals surface area contributed by atoms with Crippen LogP contribution in [-0.4, -0.2) is 41.0 Å². The zero-order valence-electron chi connectivity index (χ0n) is 11.5. The molecule has 1 aliphatic heterocycles. The number of rotatable bonds is 3. The second kappa shape index (κ2) is 6.60. The van der Waals surface area contributed by atoms with Crippen molar-refractivity contribution in [2.24, 2.45) is 0 Å². The first-order valence-corrected chi connectivity index (χ1v) is 7.65. The van der Waals surface area contributed by atoms with Gasteiger partial charge in [-0.25, -0.2) is 9.97 Å². The van der Waals surface area contributed by atoms with Gasteiger partial charge in [0.25, 0.3) is 0 Å². The minimum atomic E-state index is 0.606. The van der Waals surface area contributed by atoms with Crippen LogP contribution in [0.3, 0.4) is 0 Å². The molecule has 110 valence electrons. The SMILES string of the molecule is Clc1ccc(CN2CCN(c3ccncn3)CC2)cc1Cl. The van der Waals surface area contributed by atoms with Crippen molar-refractivity contribution in [1.82, 2.24) is 14.9 Å². The maximum absolute atomic E-state index is 6.06. The van der Waals surface area contributed by atoms with Gasteiger partial charge in [-0.15, -0.1) is 0 Å². The Morgan fingerprint density at radius 3 is 2.48 bits per heavy atom. The van der Waals surface area contributed by atoms with Gasteiger partial charge in [-0.2, -0.15) is 0 Å². The third-order valence-corrected chi connectivity index (χ3v) is 4.39. The lowest BCUT2D eigenvalue weighted by molar-refractivity contribution is 0.249. The Labute approximate surface area is 134 Å². The van der Waals surface area contributed by atoms with Crippen molar-refractivity contribution in [3.05, 3.63) is 52.4 Å². The van der Waals surface area contributed by atoms with Gasteiger partial charge in [-0.05, 0) is 23.8 Å². The second-order valence-corrected chi connectivity index (χ2v) is 5.89. The summed E-state index contributed by atoms with van der Waals surface area (Å²) in [5, 5.41) is 1.22. The monoisotopic (exact) mass is 322 g/mol. The van der Waals surface area contributed by atoms with E-state index in [0.717, 1.165) is 38.5 Å². The molecular weight excluding hydrogens is 307 g/mol. The van der Waals surface area contributed by atoms with Crippen LogP contribution < -0.4 is 4.90 Å². The van der Waals surface area contributed by atoms with E-state index in [0.29, 0.717) is 10.0 Å². The molecule has 0 radical (unpaired) electrons. The third kappa shape index (κ3) is 3.64. The number of aromatic nitrogens is 2. The minimum absolute atomic E-state index is 0.606. The van der Waals surface area contributed by atoms with Gasteiger partial charge >= 0.3 is 0 Å². The predicted octanol–water partition coefficient (Wildman–Crippen LogP) is 3.11. The summed E-state index contributed by atoms with van der Waals surface area (Å²) in [6.07, 6.45) is 3.38. The minimum Gasteiger partial charge on any atom is -0.354 e. The molecule has 0 amide bonds. The van der Waals surface area contributed by atoms with Crippen LogP contribution >= 0.6 is 23.2 Å². The summed E-state index contributed by atoms with van der Waals surface area (Å²) in [4.78, 5) is 13.0. The highest BCUT2D eigenvalue weighted by molar-refractivity contribution is 6.42. The number of anilines is 1. The molecule has 0 bridgehead atoms.